The summed E-state index contributed by atoms with van der Waals surface area (Å²) in [6.45, 7) is 9.52. The number of imidazole rings is 1. The first-order chi connectivity index (χ1) is 18.1. The molecule has 2 aromatic heterocycles. The minimum atomic E-state index is 0.546. The maximum Gasteiger partial charge on any atom is 0.233 e. The van der Waals surface area contributed by atoms with Crippen molar-refractivity contribution >= 4 is 34.6 Å². The topological polar surface area (TPSA) is 87.5 Å². The number of morpholine rings is 1. The Morgan fingerprint density at radius 3 is 2.24 bits per heavy atom. The molecule has 192 valence electrons. The Bertz CT molecular complexity index is 1360. The fraction of sp³-hybridized carbons (Fsp3) is 0.407. The number of nitrogens with zero attached hydrogens (tertiary/aromatic N) is 8. The summed E-state index contributed by atoms with van der Waals surface area (Å²) in [7, 11) is 2.15. The molecule has 2 aromatic carbocycles. The van der Waals surface area contributed by atoms with Gasteiger partial charge in [-0.25, -0.2) is 4.98 Å². The van der Waals surface area contributed by atoms with Crippen molar-refractivity contribution in [2.75, 3.05) is 74.6 Å². The van der Waals surface area contributed by atoms with Crippen molar-refractivity contribution in [2.24, 2.45) is 0 Å². The molecule has 0 unspecified atom stereocenters. The number of anilines is 4. The second-order valence-electron chi connectivity index (χ2n) is 9.71. The molecule has 2 aliphatic rings. The number of hydrogen-bond donors (Lipinski definition) is 1. The lowest BCUT2D eigenvalue weighted by molar-refractivity contribution is 0.122. The molecule has 2 aliphatic heterocycles. The highest BCUT2D eigenvalue weighted by atomic mass is 16.5. The number of nitrogens with one attached hydrogen (secondary N) is 1. The monoisotopic (exact) mass is 499 g/mol. The first-order valence-electron chi connectivity index (χ1n) is 12.9. The molecule has 0 bridgehead atoms. The standard InChI is InChI=1S/C27H33N9O/c1-20-28-23-18-22(8-9-24(23)36(20)19-21-6-4-3-5-7-21)29-25-30-26(34-12-10-33(2)11-13-34)32-27(31-25)35-14-16-37-17-15-35/h3-9,18H,10-17,19H2,1-2H3,(H,29,30,31,32). The number of piperazine rings is 1. The molecule has 1 N–H and O–H groups in total. The summed E-state index contributed by atoms with van der Waals surface area (Å²) in [5.41, 5.74) is 4.21. The number of aryl methyl sites for hydroxylation is 1. The lowest BCUT2D eigenvalue weighted by Crippen LogP contribution is -2.45. The zero-order valence-corrected chi connectivity index (χ0v) is 21.5. The highest BCUT2D eigenvalue weighted by molar-refractivity contribution is 5.81. The van der Waals surface area contributed by atoms with Gasteiger partial charge in [-0.15, -0.1) is 0 Å². The molecule has 0 saturated carbocycles. The minimum Gasteiger partial charge on any atom is -0.378 e. The number of hydrogen-bond acceptors (Lipinski definition) is 9. The van der Waals surface area contributed by atoms with Gasteiger partial charge in [-0.1, -0.05) is 30.3 Å². The Morgan fingerprint density at radius 2 is 1.51 bits per heavy atom. The highest BCUT2D eigenvalue weighted by Gasteiger charge is 2.22. The number of aromatic nitrogens is 5. The molecule has 2 fully saturated rings. The molecule has 0 amide bonds. The second-order valence-corrected chi connectivity index (χ2v) is 9.71. The first-order valence-corrected chi connectivity index (χ1v) is 12.9. The molecule has 0 spiro atoms. The normalized spacial score (nSPS) is 16.9. The minimum absolute atomic E-state index is 0.546. The fourth-order valence-electron chi connectivity index (χ4n) is 4.89. The summed E-state index contributed by atoms with van der Waals surface area (Å²) in [6, 6.07) is 16.7. The summed E-state index contributed by atoms with van der Waals surface area (Å²) in [5.74, 6) is 2.95. The van der Waals surface area contributed by atoms with E-state index in [0.717, 1.165) is 74.3 Å². The molecular formula is C27H33N9O. The summed E-state index contributed by atoms with van der Waals surface area (Å²) in [5, 5.41) is 3.44. The van der Waals surface area contributed by atoms with E-state index in [9.17, 15) is 0 Å². The van der Waals surface area contributed by atoms with Crippen LogP contribution in [0.1, 0.15) is 11.4 Å². The van der Waals surface area contributed by atoms with Gasteiger partial charge in [0.05, 0.1) is 24.2 Å². The third-order valence-corrected chi connectivity index (χ3v) is 7.07. The van der Waals surface area contributed by atoms with Crippen molar-refractivity contribution < 1.29 is 4.74 Å². The number of rotatable bonds is 6. The third kappa shape index (κ3) is 5.21. The summed E-state index contributed by atoms with van der Waals surface area (Å²) in [6.07, 6.45) is 0. The first kappa shape index (κ1) is 23.6. The number of likely N-dealkylation sites (N-methyl/N-ethyl adjacent to an activating group) is 1. The van der Waals surface area contributed by atoms with Crippen molar-refractivity contribution in [1.29, 1.82) is 0 Å². The van der Waals surface area contributed by atoms with Gasteiger partial charge in [-0.2, -0.15) is 15.0 Å². The van der Waals surface area contributed by atoms with Crippen LogP contribution >= 0.6 is 0 Å². The van der Waals surface area contributed by atoms with Crippen molar-refractivity contribution in [1.82, 2.24) is 29.4 Å². The fourth-order valence-corrected chi connectivity index (χ4v) is 4.89. The molecule has 0 aliphatic carbocycles. The van der Waals surface area contributed by atoms with Gasteiger partial charge in [0.2, 0.25) is 17.8 Å². The Kier molecular flexibility index (Phi) is 6.58. The van der Waals surface area contributed by atoms with Crippen LogP contribution in [0.4, 0.5) is 23.5 Å². The number of ether oxygens (including phenoxy) is 1. The smallest absolute Gasteiger partial charge is 0.233 e. The molecule has 4 heterocycles. The number of benzene rings is 2. The molecule has 10 heteroatoms. The van der Waals surface area contributed by atoms with E-state index < -0.39 is 0 Å². The Hall–Kier alpha value is -3.76. The molecule has 0 radical (unpaired) electrons. The largest absolute Gasteiger partial charge is 0.378 e. The average molecular weight is 500 g/mol. The molecule has 37 heavy (non-hydrogen) atoms. The maximum atomic E-state index is 5.54. The quantitative estimate of drug-likeness (QED) is 0.430. The van der Waals surface area contributed by atoms with Gasteiger partial charge in [0.15, 0.2) is 0 Å². The number of fused-ring (bicyclic) bond motifs is 1. The molecule has 0 atom stereocenters. The molecular weight excluding hydrogens is 466 g/mol. The van der Waals surface area contributed by atoms with Crippen molar-refractivity contribution in [3.05, 3.63) is 59.9 Å². The van der Waals surface area contributed by atoms with E-state index in [4.69, 9.17) is 24.7 Å². The highest BCUT2D eigenvalue weighted by Crippen LogP contribution is 2.25. The Balaban J connectivity index is 1.29. The van der Waals surface area contributed by atoms with Crippen LogP contribution in [-0.4, -0.2) is 88.9 Å². The van der Waals surface area contributed by atoms with Crippen molar-refractivity contribution in [3.63, 3.8) is 0 Å². The van der Waals surface area contributed by atoms with Gasteiger partial charge in [0.25, 0.3) is 0 Å². The maximum absolute atomic E-state index is 5.54. The van der Waals surface area contributed by atoms with Crippen LogP contribution in [0.15, 0.2) is 48.5 Å². The van der Waals surface area contributed by atoms with E-state index in [1.165, 1.54) is 5.56 Å². The van der Waals surface area contributed by atoms with Gasteiger partial charge >= 0.3 is 0 Å². The van der Waals surface area contributed by atoms with Crippen molar-refractivity contribution in [3.8, 4) is 0 Å². The van der Waals surface area contributed by atoms with E-state index in [1.54, 1.807) is 0 Å². The van der Waals surface area contributed by atoms with Crippen LogP contribution in [0.5, 0.6) is 0 Å². The van der Waals surface area contributed by atoms with Gasteiger partial charge in [0, 0.05) is 51.5 Å². The van der Waals surface area contributed by atoms with Crippen LogP contribution < -0.4 is 15.1 Å². The Morgan fingerprint density at radius 1 is 0.811 bits per heavy atom. The van der Waals surface area contributed by atoms with Crippen LogP contribution in [0, 0.1) is 6.92 Å². The molecule has 10 nitrogen and oxygen atoms in total. The van der Waals surface area contributed by atoms with E-state index in [0.29, 0.717) is 25.1 Å². The van der Waals surface area contributed by atoms with E-state index in [-0.39, 0.29) is 0 Å². The van der Waals surface area contributed by atoms with Gasteiger partial charge < -0.3 is 29.3 Å². The third-order valence-electron chi connectivity index (χ3n) is 7.07. The molecule has 4 aromatic rings. The lowest BCUT2D eigenvalue weighted by atomic mass is 10.2. The second kappa shape index (κ2) is 10.3. The Labute approximate surface area is 216 Å². The van der Waals surface area contributed by atoms with E-state index >= 15 is 0 Å². The SMILES string of the molecule is Cc1nc2cc(Nc3nc(N4CCOCC4)nc(N4CCN(C)CC4)n3)ccc2n1Cc1ccccc1. The van der Waals surface area contributed by atoms with Crippen LogP contribution in [-0.2, 0) is 11.3 Å². The van der Waals surface area contributed by atoms with Crippen LogP contribution in [0.25, 0.3) is 11.0 Å². The van der Waals surface area contributed by atoms with Crippen LogP contribution in [0.3, 0.4) is 0 Å². The molecule has 2 saturated heterocycles. The summed E-state index contributed by atoms with van der Waals surface area (Å²) >= 11 is 0. The van der Waals surface area contributed by atoms with E-state index in [1.807, 2.05) is 6.07 Å². The van der Waals surface area contributed by atoms with Crippen LogP contribution in [0.2, 0.25) is 0 Å². The predicted molar refractivity (Wildman–Crippen MR) is 146 cm³/mol. The summed E-state index contributed by atoms with van der Waals surface area (Å²) < 4.78 is 7.79. The van der Waals surface area contributed by atoms with Gasteiger partial charge in [0.1, 0.15) is 5.82 Å². The zero-order chi connectivity index (χ0) is 25.2. The van der Waals surface area contributed by atoms with Gasteiger partial charge in [-0.05, 0) is 37.7 Å². The zero-order valence-electron chi connectivity index (χ0n) is 21.5. The van der Waals surface area contributed by atoms with Gasteiger partial charge in [-0.3, -0.25) is 0 Å². The molecule has 6 rings (SSSR count). The van der Waals surface area contributed by atoms with Crippen molar-refractivity contribution in [2.45, 2.75) is 13.5 Å². The predicted octanol–water partition coefficient (Wildman–Crippen LogP) is 2.91. The lowest BCUT2D eigenvalue weighted by Gasteiger charge is -2.33. The summed E-state index contributed by atoms with van der Waals surface area (Å²) in [4.78, 5) is 26.1. The van der Waals surface area contributed by atoms with E-state index in [2.05, 4.69) is 81.0 Å². The average Bonchev–Trinajstić information content (AvgIpc) is 3.24.